The van der Waals surface area contributed by atoms with Crippen LogP contribution in [0.3, 0.4) is 0 Å². The van der Waals surface area contributed by atoms with Crippen molar-refractivity contribution in [2.75, 3.05) is 0 Å². The van der Waals surface area contributed by atoms with Gasteiger partial charge in [-0.2, -0.15) is 0 Å². The molecule has 1 aromatic rings. The normalized spacial score (nSPS) is 10.5. The molecule has 0 aliphatic carbocycles. The van der Waals surface area contributed by atoms with Gasteiger partial charge in [0, 0.05) is 5.02 Å². The van der Waals surface area contributed by atoms with Crippen LogP contribution in [0.4, 0.5) is 0 Å². The summed E-state index contributed by atoms with van der Waals surface area (Å²) in [6.45, 7) is 0. The molecule has 0 heterocycles. The lowest BCUT2D eigenvalue weighted by Crippen LogP contribution is -1.77. The zero-order valence-electron chi connectivity index (χ0n) is 5.12. The third-order valence-electron chi connectivity index (χ3n) is 1.07. The van der Waals surface area contributed by atoms with Gasteiger partial charge in [-0.05, 0) is 22.9 Å². The second-order valence-electron chi connectivity index (χ2n) is 1.79. The van der Waals surface area contributed by atoms with E-state index in [4.69, 9.17) is 11.6 Å². The average Bonchev–Trinajstić information content (AvgIpc) is 1.95. The van der Waals surface area contributed by atoms with Gasteiger partial charge in [-0.25, -0.2) is 0 Å². The van der Waals surface area contributed by atoms with E-state index in [1.807, 2.05) is 0 Å². The minimum atomic E-state index is 0.656. The summed E-state index contributed by atoms with van der Waals surface area (Å²) in [5.74, 6) is 0. The minimum absolute atomic E-state index is 0.656. The molecule has 51 valence electrons. The van der Waals surface area contributed by atoms with E-state index < -0.39 is 0 Å². The predicted molar refractivity (Wildman–Crippen MR) is 39.7 cm³/mol. The van der Waals surface area contributed by atoms with E-state index in [2.05, 4.69) is 5.16 Å². The number of rotatable bonds is 1. The molecule has 0 atom stereocenters. The van der Waals surface area contributed by atoms with E-state index in [-0.39, 0.29) is 0 Å². The van der Waals surface area contributed by atoms with Crippen LogP contribution in [-0.2, 0) is 5.21 Å². The van der Waals surface area contributed by atoms with Crippen molar-refractivity contribution in [3.05, 3.63) is 34.9 Å². The summed E-state index contributed by atoms with van der Waals surface area (Å²) in [6, 6.07) is 6.87. The quantitative estimate of drug-likeness (QED) is 0.439. The van der Waals surface area contributed by atoms with Crippen LogP contribution in [0.15, 0.2) is 29.4 Å². The topological polar surface area (TPSA) is 32.3 Å². The van der Waals surface area contributed by atoms with Crippen LogP contribution < -0.4 is 0 Å². The smallest absolute Gasteiger partial charge is 0.0787 e. The summed E-state index contributed by atoms with van der Waals surface area (Å²) in [5, 5.41) is 13.0. The van der Waals surface area contributed by atoms with Gasteiger partial charge < -0.3 is 0 Å². The molecule has 1 rings (SSSR count). The molecule has 2 nitrogen and oxygen atoms in total. The highest BCUT2D eigenvalue weighted by atomic mass is 35.5. The van der Waals surface area contributed by atoms with Gasteiger partial charge in [0.1, 0.15) is 0 Å². The van der Waals surface area contributed by atoms with Crippen LogP contribution in [0.5, 0.6) is 0 Å². The number of benzene rings is 1. The molecular weight excluding hydrogens is 150 g/mol. The van der Waals surface area contributed by atoms with Crippen LogP contribution >= 0.6 is 11.6 Å². The molecule has 0 fully saturated rings. The summed E-state index contributed by atoms with van der Waals surface area (Å²) in [6.07, 6.45) is 1.23. The molecule has 0 amide bonds. The van der Waals surface area contributed by atoms with Gasteiger partial charge in [-0.1, -0.05) is 23.7 Å². The first-order valence-electron chi connectivity index (χ1n) is 2.74. The van der Waals surface area contributed by atoms with E-state index in [9.17, 15) is 5.21 Å². The summed E-state index contributed by atoms with van der Waals surface area (Å²) in [7, 11) is 0. The van der Waals surface area contributed by atoms with Gasteiger partial charge in [0.05, 0.1) is 6.21 Å². The Morgan fingerprint density at radius 3 is 2.40 bits per heavy atom. The lowest BCUT2D eigenvalue weighted by molar-refractivity contribution is 0.211. The highest BCUT2D eigenvalue weighted by Crippen LogP contribution is 2.07. The maximum atomic E-state index is 9.72. The summed E-state index contributed by atoms with van der Waals surface area (Å²) in [5.41, 5.74) is 0.763. The molecule has 0 saturated heterocycles. The molecule has 0 aromatic heterocycles. The SMILES string of the molecule is [O]/N=C/c1ccc(Cl)cc1. The molecule has 0 unspecified atom stereocenters. The molecule has 0 bridgehead atoms. The number of hydrogen-bond acceptors (Lipinski definition) is 1. The second kappa shape index (κ2) is 3.22. The molecule has 0 aliphatic heterocycles. The lowest BCUT2D eigenvalue weighted by atomic mass is 10.2. The second-order valence-corrected chi connectivity index (χ2v) is 2.22. The average molecular weight is 155 g/mol. The van der Waals surface area contributed by atoms with Gasteiger partial charge in [-0.15, -0.1) is 5.21 Å². The van der Waals surface area contributed by atoms with E-state index >= 15 is 0 Å². The van der Waals surface area contributed by atoms with Gasteiger partial charge in [0.25, 0.3) is 0 Å². The van der Waals surface area contributed by atoms with Crippen molar-refractivity contribution >= 4 is 17.8 Å². The van der Waals surface area contributed by atoms with E-state index in [1.165, 1.54) is 6.21 Å². The maximum Gasteiger partial charge on any atom is 0.0787 e. The molecule has 0 saturated carbocycles. The molecule has 1 aromatic carbocycles. The molecule has 0 aliphatic rings. The Morgan fingerprint density at radius 2 is 1.90 bits per heavy atom. The molecule has 3 heteroatoms. The summed E-state index contributed by atoms with van der Waals surface area (Å²) in [4.78, 5) is 0. The fourth-order valence-corrected chi connectivity index (χ4v) is 0.736. The standard InChI is InChI=1S/C7H5ClNO/c8-7-3-1-6(2-4-7)5-9-10/h1-5H/b9-5+. The summed E-state index contributed by atoms with van der Waals surface area (Å²) >= 11 is 5.59. The van der Waals surface area contributed by atoms with Crippen molar-refractivity contribution in [3.8, 4) is 0 Å². The first kappa shape index (κ1) is 7.09. The van der Waals surface area contributed by atoms with Crippen molar-refractivity contribution in [3.63, 3.8) is 0 Å². The Labute approximate surface area is 63.7 Å². The Hall–Kier alpha value is -1.02. The summed E-state index contributed by atoms with van der Waals surface area (Å²) < 4.78 is 0. The van der Waals surface area contributed by atoms with Crippen molar-refractivity contribution < 1.29 is 5.21 Å². The van der Waals surface area contributed by atoms with Gasteiger partial charge in [-0.3, -0.25) is 0 Å². The Balaban J connectivity index is 2.89. The monoisotopic (exact) mass is 154 g/mol. The number of hydrogen-bond donors (Lipinski definition) is 0. The molecule has 1 radical (unpaired) electrons. The number of nitrogens with zero attached hydrogens (tertiary/aromatic N) is 1. The maximum absolute atomic E-state index is 9.72. The molecule has 0 N–H and O–H groups in total. The van der Waals surface area contributed by atoms with Crippen molar-refractivity contribution in [2.45, 2.75) is 0 Å². The Bertz CT molecular complexity index is 230. The minimum Gasteiger partial charge on any atom is -0.145 e. The zero-order valence-corrected chi connectivity index (χ0v) is 5.88. The largest absolute Gasteiger partial charge is 0.145 e. The zero-order chi connectivity index (χ0) is 7.40. The Kier molecular flexibility index (Phi) is 2.29. The highest BCUT2D eigenvalue weighted by molar-refractivity contribution is 6.30. The fourth-order valence-electron chi connectivity index (χ4n) is 0.610. The van der Waals surface area contributed by atoms with Crippen LogP contribution in [-0.4, -0.2) is 6.21 Å². The molecular formula is C7H5ClNO. The lowest BCUT2D eigenvalue weighted by Gasteiger charge is -1.89. The third kappa shape index (κ3) is 1.74. The third-order valence-corrected chi connectivity index (χ3v) is 1.32. The van der Waals surface area contributed by atoms with Crippen molar-refractivity contribution in [1.82, 2.24) is 0 Å². The molecule has 10 heavy (non-hydrogen) atoms. The van der Waals surface area contributed by atoms with Gasteiger partial charge >= 0.3 is 0 Å². The molecule has 0 spiro atoms. The van der Waals surface area contributed by atoms with Crippen LogP contribution in [0.25, 0.3) is 0 Å². The van der Waals surface area contributed by atoms with Crippen LogP contribution in [0.1, 0.15) is 5.56 Å². The van der Waals surface area contributed by atoms with Crippen molar-refractivity contribution in [1.29, 1.82) is 0 Å². The van der Waals surface area contributed by atoms with Crippen LogP contribution in [0, 0.1) is 0 Å². The van der Waals surface area contributed by atoms with Gasteiger partial charge in [0.2, 0.25) is 0 Å². The van der Waals surface area contributed by atoms with E-state index in [0.29, 0.717) is 5.02 Å². The first-order valence-corrected chi connectivity index (χ1v) is 3.12. The predicted octanol–water partition coefficient (Wildman–Crippen LogP) is 2.10. The highest BCUT2D eigenvalue weighted by Gasteiger charge is 1.86. The Morgan fingerprint density at radius 1 is 1.30 bits per heavy atom. The van der Waals surface area contributed by atoms with Crippen molar-refractivity contribution in [2.24, 2.45) is 5.16 Å². The van der Waals surface area contributed by atoms with E-state index in [0.717, 1.165) is 5.56 Å². The fraction of sp³-hybridized carbons (Fsp3) is 0. The van der Waals surface area contributed by atoms with Crippen LogP contribution in [0.2, 0.25) is 5.02 Å². The van der Waals surface area contributed by atoms with E-state index in [1.54, 1.807) is 24.3 Å². The number of halogens is 1. The first-order chi connectivity index (χ1) is 4.83. The van der Waals surface area contributed by atoms with Gasteiger partial charge in [0.15, 0.2) is 0 Å².